The molecule has 3 heterocycles. The molecule has 0 saturated carbocycles. The maximum atomic E-state index is 13.1. The van der Waals surface area contributed by atoms with Crippen LogP contribution in [0.15, 0.2) is 12.2 Å². The summed E-state index contributed by atoms with van der Waals surface area (Å²) >= 11 is 0. The third kappa shape index (κ3) is 8.97. The molecule has 0 aliphatic carbocycles. The van der Waals surface area contributed by atoms with Crippen molar-refractivity contribution >= 4 is 0 Å². The lowest BCUT2D eigenvalue weighted by atomic mass is 9.56. The first-order valence-corrected chi connectivity index (χ1v) is 19.7. The van der Waals surface area contributed by atoms with Crippen molar-refractivity contribution in [3.63, 3.8) is 0 Å². The predicted molar refractivity (Wildman–Crippen MR) is 193 cm³/mol. The van der Waals surface area contributed by atoms with Crippen molar-refractivity contribution in [2.24, 2.45) is 5.73 Å². The number of aliphatic hydroxyl groups excluding tert-OH is 13. The molecule has 0 radical (unpaired) electrons. The Labute approximate surface area is 330 Å². The number of allylic oxidation sites excluding steroid dienone is 1. The van der Waals surface area contributed by atoms with Gasteiger partial charge in [0.05, 0.1) is 25.9 Å². The van der Waals surface area contributed by atoms with Gasteiger partial charge in [-0.05, 0) is 12.8 Å². The van der Waals surface area contributed by atoms with Crippen molar-refractivity contribution in [2.75, 3.05) is 19.8 Å². The van der Waals surface area contributed by atoms with Crippen LogP contribution >= 0.6 is 0 Å². The summed E-state index contributed by atoms with van der Waals surface area (Å²) in [4.78, 5) is 0. The molecule has 3 fully saturated rings. The minimum atomic E-state index is -4.76. The van der Waals surface area contributed by atoms with E-state index >= 15 is 0 Å². The zero-order valence-electron chi connectivity index (χ0n) is 32.2. The first-order chi connectivity index (χ1) is 26.7. The third-order valence-electron chi connectivity index (χ3n) is 11.9. The number of hydrogen-bond donors (Lipinski definition) is 18. The molecule has 3 saturated heterocycles. The molecular formula is C36H67NO20. The summed E-state index contributed by atoms with van der Waals surface area (Å²) in [6, 6.07) is 0. The number of ether oxygens (including phenoxy) is 3. The van der Waals surface area contributed by atoms with Gasteiger partial charge in [0.2, 0.25) is 23.0 Å². The zero-order chi connectivity index (χ0) is 43.1. The van der Waals surface area contributed by atoms with E-state index in [4.69, 9.17) is 19.9 Å². The standard InChI is InChI=1S/C36H67NO20/c1-2-3-4-5-6-7-8-9-10-11-12-13-14-15-22(41)32(37,33(51)29(48)26(45)23(42)19(16-38)55-33)36(54,34(52)30(49)27(46)24(43)20(17-39)56-34)35(53)31(50)28(47)25(44)21(18-40)57-35/h14-15,19-31,38-54H,2-13,16-18,37H2,1H3/b15-14+/t19?,20?,21?,22-,23?,24?,25?,26?,27?,28?,29?,30?,31?,32-,33?,34?,35?,36?/m1/s1. The van der Waals surface area contributed by atoms with Crippen LogP contribution in [0, 0.1) is 0 Å². The highest BCUT2D eigenvalue weighted by molar-refractivity contribution is 5.33. The van der Waals surface area contributed by atoms with Gasteiger partial charge in [-0.3, -0.25) is 0 Å². The molecule has 0 amide bonds. The second-order valence-electron chi connectivity index (χ2n) is 15.7. The van der Waals surface area contributed by atoms with Gasteiger partial charge in [-0.15, -0.1) is 0 Å². The fourth-order valence-electron chi connectivity index (χ4n) is 8.24. The van der Waals surface area contributed by atoms with Crippen molar-refractivity contribution in [1.82, 2.24) is 0 Å². The van der Waals surface area contributed by atoms with Crippen molar-refractivity contribution in [3.05, 3.63) is 12.2 Å². The molecule has 57 heavy (non-hydrogen) atoms. The summed E-state index contributed by atoms with van der Waals surface area (Å²) in [5, 5.41) is 190. The molecule has 3 rings (SSSR count). The zero-order valence-corrected chi connectivity index (χ0v) is 32.2. The van der Waals surface area contributed by atoms with E-state index in [0.29, 0.717) is 12.8 Å². The lowest BCUT2D eigenvalue weighted by Gasteiger charge is -2.68. The number of unbranched alkanes of at least 4 members (excludes halogenated alkanes) is 11. The van der Waals surface area contributed by atoms with Crippen LogP contribution in [0.1, 0.15) is 84.0 Å². The average Bonchev–Trinajstić information content (AvgIpc) is 3.20. The van der Waals surface area contributed by atoms with Crippen LogP contribution < -0.4 is 5.73 Å². The van der Waals surface area contributed by atoms with Crippen molar-refractivity contribution in [2.45, 2.75) is 192 Å². The highest BCUT2D eigenvalue weighted by Crippen LogP contribution is 2.56. The Kier molecular flexibility index (Phi) is 18.2. The Morgan fingerprint density at radius 1 is 0.544 bits per heavy atom. The fourth-order valence-corrected chi connectivity index (χ4v) is 8.24. The van der Waals surface area contributed by atoms with Crippen LogP contribution in [-0.4, -0.2) is 214 Å². The van der Waals surface area contributed by atoms with Crippen molar-refractivity contribution < 1.29 is 101 Å². The molecule has 0 bridgehead atoms. The van der Waals surface area contributed by atoms with Gasteiger partial charge in [0.25, 0.3) is 0 Å². The SMILES string of the molecule is CCCCCCCCCCCCC/C=C/[C@@H](O)[C@@](N)(C1(O)OC(CO)C(O)C(O)C1O)C(O)(C1(O)OC(CO)C(O)C(O)C1O)C1(O)OC(CO)C(O)C(O)C1O. The molecule has 19 N–H and O–H groups in total. The smallest absolute Gasteiger partial charge is 0.232 e. The lowest BCUT2D eigenvalue weighted by molar-refractivity contribution is -0.515. The molecule has 3 aliphatic heterocycles. The summed E-state index contributed by atoms with van der Waals surface area (Å²) in [7, 11) is 0. The topological polar surface area (TPSA) is 398 Å². The van der Waals surface area contributed by atoms with Crippen molar-refractivity contribution in [3.8, 4) is 0 Å². The molecule has 0 aromatic carbocycles. The summed E-state index contributed by atoms with van der Waals surface area (Å²) in [6.07, 6.45) is -20.8. The van der Waals surface area contributed by atoms with Crippen LogP contribution in [0.4, 0.5) is 0 Å². The number of rotatable bonds is 21. The number of hydrogen-bond acceptors (Lipinski definition) is 21. The summed E-state index contributed by atoms with van der Waals surface area (Å²) in [6.45, 7) is -1.86. The normalized spacial score (nSPS) is 43.1. The van der Waals surface area contributed by atoms with Gasteiger partial charge in [-0.2, -0.15) is 0 Å². The second-order valence-corrected chi connectivity index (χ2v) is 15.7. The van der Waals surface area contributed by atoms with Crippen molar-refractivity contribution in [1.29, 1.82) is 0 Å². The third-order valence-corrected chi connectivity index (χ3v) is 11.9. The minimum Gasteiger partial charge on any atom is -0.394 e. The first kappa shape index (κ1) is 50.3. The molecule has 0 aromatic rings. The van der Waals surface area contributed by atoms with E-state index in [-0.39, 0.29) is 6.42 Å². The van der Waals surface area contributed by atoms with E-state index in [2.05, 4.69) is 6.92 Å². The van der Waals surface area contributed by atoms with Gasteiger partial charge < -0.3 is 107 Å². The molecule has 336 valence electrons. The van der Waals surface area contributed by atoms with Crippen LogP contribution in [0.3, 0.4) is 0 Å². The highest BCUT2D eigenvalue weighted by Gasteiger charge is 2.87. The van der Waals surface area contributed by atoms with Gasteiger partial charge in [-0.25, -0.2) is 0 Å². The van der Waals surface area contributed by atoms with E-state index in [1.807, 2.05) is 0 Å². The van der Waals surface area contributed by atoms with Gasteiger partial charge >= 0.3 is 0 Å². The van der Waals surface area contributed by atoms with E-state index in [1.54, 1.807) is 0 Å². The molecule has 21 nitrogen and oxygen atoms in total. The largest absolute Gasteiger partial charge is 0.394 e. The summed E-state index contributed by atoms with van der Waals surface area (Å²) in [5.74, 6) is -12.9. The molecule has 0 spiro atoms. The van der Waals surface area contributed by atoms with Gasteiger partial charge in [0, 0.05) is 0 Å². The van der Waals surface area contributed by atoms with E-state index in [0.717, 1.165) is 44.6 Å². The van der Waals surface area contributed by atoms with Gasteiger partial charge in [0.15, 0.2) is 0 Å². The van der Waals surface area contributed by atoms with Crippen LogP contribution in [0.5, 0.6) is 0 Å². The molecule has 0 aromatic heterocycles. The summed E-state index contributed by atoms with van der Waals surface area (Å²) < 4.78 is 15.9. The van der Waals surface area contributed by atoms with E-state index in [9.17, 15) is 86.8 Å². The lowest BCUT2D eigenvalue weighted by Crippen LogP contribution is -2.97. The quantitative estimate of drug-likeness (QED) is 0.0377. The maximum absolute atomic E-state index is 13.1. The molecule has 15 unspecified atom stereocenters. The first-order valence-electron chi connectivity index (χ1n) is 19.7. The van der Waals surface area contributed by atoms with Crippen LogP contribution in [-0.2, 0) is 14.2 Å². The van der Waals surface area contributed by atoms with E-state index < -0.39 is 128 Å². The predicted octanol–water partition coefficient (Wildman–Crippen LogP) is -6.48. The monoisotopic (exact) mass is 833 g/mol. The second kappa shape index (κ2) is 20.6. The Morgan fingerprint density at radius 2 is 0.860 bits per heavy atom. The fraction of sp³-hybridized carbons (Fsp3) is 0.944. The number of aliphatic hydroxyl groups is 17. The Balaban J connectivity index is 2.20. The molecule has 17 atom stereocenters. The van der Waals surface area contributed by atoms with E-state index in [1.165, 1.54) is 25.3 Å². The highest BCUT2D eigenvalue weighted by atomic mass is 16.7. The Hall–Kier alpha value is -1.10. The van der Waals surface area contributed by atoms with Gasteiger partial charge in [-0.1, -0.05) is 83.3 Å². The number of nitrogens with two attached hydrogens (primary N) is 1. The summed E-state index contributed by atoms with van der Waals surface area (Å²) in [5.41, 5.74) is -2.25. The molecular weight excluding hydrogens is 766 g/mol. The molecule has 21 heteroatoms. The minimum absolute atomic E-state index is 0.146. The Bertz CT molecular complexity index is 1210. The Morgan fingerprint density at radius 3 is 1.21 bits per heavy atom. The van der Waals surface area contributed by atoms with Crippen LogP contribution in [0.25, 0.3) is 0 Å². The molecule has 3 aliphatic rings. The average molecular weight is 834 g/mol. The maximum Gasteiger partial charge on any atom is 0.232 e. The van der Waals surface area contributed by atoms with Gasteiger partial charge in [0.1, 0.15) is 78.8 Å². The van der Waals surface area contributed by atoms with Crippen LogP contribution in [0.2, 0.25) is 0 Å².